The Balaban J connectivity index is 1.90. The summed E-state index contributed by atoms with van der Waals surface area (Å²) in [5.74, 6) is 1.09. The van der Waals surface area contributed by atoms with Gasteiger partial charge in [0.15, 0.2) is 12.4 Å². The summed E-state index contributed by atoms with van der Waals surface area (Å²) in [6, 6.07) is 6.94. The van der Waals surface area contributed by atoms with E-state index in [2.05, 4.69) is 6.58 Å². The van der Waals surface area contributed by atoms with Gasteiger partial charge in [0.2, 0.25) is 0 Å². The molecule has 0 spiro atoms. The van der Waals surface area contributed by atoms with E-state index in [4.69, 9.17) is 4.74 Å². The molecule has 2 rings (SSSR count). The number of nitrogens with zero attached hydrogens (tertiary/aromatic N) is 1. The minimum Gasteiger partial charge on any atom is -0.484 e. The Bertz CT molecular complexity index is 576. The minimum atomic E-state index is -0.0336. The van der Waals surface area contributed by atoms with Crippen LogP contribution in [0.2, 0.25) is 0 Å². The van der Waals surface area contributed by atoms with Crippen molar-refractivity contribution in [3.63, 3.8) is 0 Å². The van der Waals surface area contributed by atoms with Crippen molar-refractivity contribution in [1.29, 1.82) is 0 Å². The van der Waals surface area contributed by atoms with E-state index in [1.165, 1.54) is 39.0 Å². The lowest BCUT2D eigenvalue weighted by Crippen LogP contribution is -2.39. The van der Waals surface area contributed by atoms with Crippen LogP contribution < -0.4 is 4.74 Å². The number of hydrogen-bond acceptors (Lipinski definition) is 3. The smallest absolute Gasteiger partial charge is 0.260 e. The average Bonchev–Trinajstić information content (AvgIpc) is 2.60. The molecule has 0 bridgehead atoms. The zero-order valence-electron chi connectivity index (χ0n) is 14.5. The van der Waals surface area contributed by atoms with Crippen LogP contribution in [0, 0.1) is 5.92 Å². The number of ether oxygens (including phenoxy) is 1. The second-order valence-corrected chi connectivity index (χ2v) is 6.46. The molecule has 0 N–H and O–H groups in total. The molecular formula is C20H27NO3. The van der Waals surface area contributed by atoms with Crippen molar-refractivity contribution in [2.45, 2.75) is 39.0 Å². The van der Waals surface area contributed by atoms with Gasteiger partial charge < -0.3 is 9.64 Å². The Kier molecular flexibility index (Phi) is 7.04. The van der Waals surface area contributed by atoms with Crippen LogP contribution in [-0.2, 0) is 4.79 Å². The van der Waals surface area contributed by atoms with E-state index in [1.807, 2.05) is 4.90 Å². The molecule has 0 radical (unpaired) electrons. The molecule has 0 aliphatic heterocycles. The van der Waals surface area contributed by atoms with E-state index < -0.39 is 0 Å². The summed E-state index contributed by atoms with van der Waals surface area (Å²) in [5, 5.41) is 0. The highest BCUT2D eigenvalue weighted by Crippen LogP contribution is 2.24. The Morgan fingerprint density at radius 2 is 2.04 bits per heavy atom. The number of hydrogen-bond donors (Lipinski definition) is 0. The topological polar surface area (TPSA) is 46.6 Å². The Morgan fingerprint density at radius 3 is 2.71 bits per heavy atom. The summed E-state index contributed by atoms with van der Waals surface area (Å²) in [5.41, 5.74) is 0.588. The largest absolute Gasteiger partial charge is 0.484 e. The van der Waals surface area contributed by atoms with Gasteiger partial charge in [-0.1, -0.05) is 37.5 Å². The minimum absolute atomic E-state index is 0.0120. The maximum atomic E-state index is 12.5. The van der Waals surface area contributed by atoms with Crippen molar-refractivity contribution in [3.05, 3.63) is 42.5 Å². The lowest BCUT2D eigenvalue weighted by Gasteiger charge is -2.29. The van der Waals surface area contributed by atoms with Crippen LogP contribution in [0.15, 0.2) is 36.9 Å². The van der Waals surface area contributed by atoms with Gasteiger partial charge in [-0.2, -0.15) is 0 Å². The number of carbonyl (C=O) groups excluding carboxylic acids is 2. The van der Waals surface area contributed by atoms with Crippen LogP contribution in [0.1, 0.15) is 49.4 Å². The first-order valence-electron chi connectivity index (χ1n) is 8.72. The van der Waals surface area contributed by atoms with E-state index in [0.717, 1.165) is 6.54 Å². The molecule has 130 valence electrons. The predicted molar refractivity (Wildman–Crippen MR) is 95.3 cm³/mol. The van der Waals surface area contributed by atoms with Crippen LogP contribution in [0.3, 0.4) is 0 Å². The van der Waals surface area contributed by atoms with E-state index in [0.29, 0.717) is 23.8 Å². The molecule has 4 nitrogen and oxygen atoms in total. The van der Waals surface area contributed by atoms with E-state index in [9.17, 15) is 9.59 Å². The first-order chi connectivity index (χ1) is 11.6. The van der Waals surface area contributed by atoms with Gasteiger partial charge >= 0.3 is 0 Å². The summed E-state index contributed by atoms with van der Waals surface area (Å²) in [6.45, 7) is 6.58. The summed E-state index contributed by atoms with van der Waals surface area (Å²) in [6.07, 6.45) is 7.98. The third kappa shape index (κ3) is 5.52. The third-order valence-electron chi connectivity index (χ3n) is 4.51. The lowest BCUT2D eigenvalue weighted by molar-refractivity contribution is -0.133. The molecule has 0 aromatic heterocycles. The molecule has 1 amide bonds. The number of carbonyl (C=O) groups is 2. The van der Waals surface area contributed by atoms with Crippen LogP contribution >= 0.6 is 0 Å². The number of benzene rings is 1. The third-order valence-corrected chi connectivity index (χ3v) is 4.51. The van der Waals surface area contributed by atoms with Crippen molar-refractivity contribution in [1.82, 2.24) is 4.90 Å². The zero-order chi connectivity index (χ0) is 17.4. The molecule has 4 heteroatoms. The van der Waals surface area contributed by atoms with E-state index in [1.54, 1.807) is 30.3 Å². The highest BCUT2D eigenvalue weighted by molar-refractivity contribution is 5.94. The van der Waals surface area contributed by atoms with Gasteiger partial charge in [0.25, 0.3) is 5.91 Å². The monoisotopic (exact) mass is 329 g/mol. The normalized spacial score (nSPS) is 14.9. The molecule has 0 saturated heterocycles. The molecule has 1 saturated carbocycles. The van der Waals surface area contributed by atoms with Gasteiger partial charge in [-0.25, -0.2) is 0 Å². The molecule has 1 aliphatic carbocycles. The molecule has 1 fully saturated rings. The van der Waals surface area contributed by atoms with E-state index in [-0.39, 0.29) is 18.3 Å². The second kappa shape index (κ2) is 9.26. The van der Waals surface area contributed by atoms with Gasteiger partial charge in [-0.05, 0) is 37.8 Å². The van der Waals surface area contributed by atoms with E-state index >= 15 is 0 Å². The van der Waals surface area contributed by atoms with Crippen molar-refractivity contribution >= 4 is 11.7 Å². The number of amides is 1. The number of rotatable bonds is 8. The maximum Gasteiger partial charge on any atom is 0.260 e. The summed E-state index contributed by atoms with van der Waals surface area (Å²) < 4.78 is 5.60. The van der Waals surface area contributed by atoms with Crippen LogP contribution in [0.5, 0.6) is 5.75 Å². The predicted octanol–water partition coefficient (Wildman–Crippen LogP) is 3.86. The highest BCUT2D eigenvalue weighted by Gasteiger charge is 2.20. The average molecular weight is 329 g/mol. The molecule has 1 aromatic rings. The fourth-order valence-corrected chi connectivity index (χ4v) is 3.16. The second-order valence-electron chi connectivity index (χ2n) is 6.46. The van der Waals surface area contributed by atoms with Crippen molar-refractivity contribution in [3.8, 4) is 5.75 Å². The van der Waals surface area contributed by atoms with Crippen LogP contribution in [0.4, 0.5) is 0 Å². The Labute approximate surface area is 144 Å². The number of Topliss-reactive ketones (excluding diaryl/α,β-unsaturated/α-hetero) is 1. The summed E-state index contributed by atoms with van der Waals surface area (Å²) in [7, 11) is 0. The molecule has 1 aliphatic rings. The van der Waals surface area contributed by atoms with Gasteiger partial charge in [0, 0.05) is 18.7 Å². The van der Waals surface area contributed by atoms with Crippen LogP contribution in [-0.4, -0.2) is 36.3 Å². The number of ketones is 1. The Morgan fingerprint density at radius 1 is 1.29 bits per heavy atom. The molecular weight excluding hydrogens is 302 g/mol. The van der Waals surface area contributed by atoms with Crippen molar-refractivity contribution in [2.24, 2.45) is 5.92 Å². The standard InChI is InChI=1S/C20H27NO3/c1-3-12-21(14-17-8-5-4-6-9-17)20(23)15-24-19-11-7-10-18(13-19)16(2)22/h3,7,10-11,13,17H,1,4-6,8-9,12,14-15H2,2H3. The maximum absolute atomic E-state index is 12.5. The SMILES string of the molecule is C=CCN(CC1CCCCC1)C(=O)COc1cccc(C(C)=O)c1. The van der Waals surface area contributed by atoms with Gasteiger partial charge in [0.1, 0.15) is 5.75 Å². The first-order valence-corrected chi connectivity index (χ1v) is 8.72. The molecule has 24 heavy (non-hydrogen) atoms. The fourth-order valence-electron chi connectivity index (χ4n) is 3.16. The van der Waals surface area contributed by atoms with Gasteiger partial charge in [-0.15, -0.1) is 6.58 Å². The van der Waals surface area contributed by atoms with Crippen molar-refractivity contribution < 1.29 is 14.3 Å². The highest BCUT2D eigenvalue weighted by atomic mass is 16.5. The van der Waals surface area contributed by atoms with Gasteiger partial charge in [-0.3, -0.25) is 9.59 Å². The van der Waals surface area contributed by atoms with Crippen molar-refractivity contribution in [2.75, 3.05) is 19.7 Å². The fraction of sp³-hybridized carbons (Fsp3) is 0.500. The molecule has 0 heterocycles. The molecule has 0 unspecified atom stereocenters. The quantitative estimate of drug-likeness (QED) is 0.537. The van der Waals surface area contributed by atoms with Gasteiger partial charge in [0.05, 0.1) is 0 Å². The lowest BCUT2D eigenvalue weighted by atomic mass is 9.89. The Hall–Kier alpha value is -2.10. The zero-order valence-corrected chi connectivity index (χ0v) is 14.5. The molecule has 0 atom stereocenters. The first kappa shape index (κ1) is 18.2. The van der Waals surface area contributed by atoms with Crippen LogP contribution in [0.25, 0.3) is 0 Å². The summed E-state index contributed by atoms with van der Waals surface area (Å²) in [4.78, 5) is 25.7. The summed E-state index contributed by atoms with van der Waals surface area (Å²) >= 11 is 0. The molecule has 1 aromatic carbocycles.